The Morgan fingerprint density at radius 2 is 1.47 bits per heavy atom. The van der Waals surface area contributed by atoms with E-state index in [1.807, 2.05) is 19.1 Å². The minimum atomic E-state index is -3.73. The first-order chi connectivity index (χ1) is 17.4. The number of nitrogens with zero attached hydrogens (tertiary/aromatic N) is 3. The van der Waals surface area contributed by atoms with Crippen LogP contribution < -0.4 is 20.1 Å². The largest absolute Gasteiger partial charge is 0.494 e. The molecule has 0 aliphatic heterocycles. The van der Waals surface area contributed by atoms with E-state index in [0.717, 1.165) is 24.1 Å². The zero-order valence-electron chi connectivity index (χ0n) is 20.1. The van der Waals surface area contributed by atoms with Gasteiger partial charge in [-0.05, 0) is 79.6 Å². The summed E-state index contributed by atoms with van der Waals surface area (Å²) in [5, 5.41) is 6.34. The second kappa shape index (κ2) is 11.5. The highest BCUT2D eigenvalue weighted by Gasteiger charge is 2.14. The smallest absolute Gasteiger partial charge is 0.261 e. The standard InChI is InChI=1S/C26H28N6O3S/c1-3-4-15-35-22-9-11-23(12-10-22)36(33,34)32-21-7-5-20(6-8-21)30-25-17-26(29-18-28-25)31-24-16-19(2)13-14-27-24/h5-14,16-18,32H,3-4,15H2,1-2H3,(H2,27,28,29,30,31). The lowest BCUT2D eigenvalue weighted by Gasteiger charge is -2.11. The number of benzene rings is 2. The Labute approximate surface area is 211 Å². The molecule has 0 aliphatic carbocycles. The van der Waals surface area contributed by atoms with Crippen molar-refractivity contribution in [2.45, 2.75) is 31.6 Å². The topological polar surface area (TPSA) is 118 Å². The number of aromatic nitrogens is 3. The molecule has 0 saturated heterocycles. The first kappa shape index (κ1) is 24.9. The van der Waals surface area contributed by atoms with Crippen molar-refractivity contribution in [3.63, 3.8) is 0 Å². The number of hydrogen-bond acceptors (Lipinski definition) is 8. The molecule has 0 unspecified atom stereocenters. The van der Waals surface area contributed by atoms with Gasteiger partial charge in [-0.25, -0.2) is 23.4 Å². The molecule has 2 aromatic carbocycles. The number of sulfonamides is 1. The number of aryl methyl sites for hydroxylation is 1. The maximum absolute atomic E-state index is 12.8. The van der Waals surface area contributed by atoms with Crippen molar-refractivity contribution in [1.29, 1.82) is 0 Å². The summed E-state index contributed by atoms with van der Waals surface area (Å²) in [6.45, 7) is 4.68. The van der Waals surface area contributed by atoms with Gasteiger partial charge in [0.25, 0.3) is 10.0 Å². The van der Waals surface area contributed by atoms with Crippen molar-refractivity contribution in [3.8, 4) is 5.75 Å². The lowest BCUT2D eigenvalue weighted by molar-refractivity contribution is 0.309. The predicted molar refractivity (Wildman–Crippen MR) is 142 cm³/mol. The minimum absolute atomic E-state index is 0.164. The van der Waals surface area contributed by atoms with Gasteiger partial charge < -0.3 is 15.4 Å². The van der Waals surface area contributed by atoms with E-state index in [0.29, 0.717) is 35.5 Å². The van der Waals surface area contributed by atoms with E-state index in [4.69, 9.17) is 4.74 Å². The maximum atomic E-state index is 12.8. The summed E-state index contributed by atoms with van der Waals surface area (Å²) >= 11 is 0. The van der Waals surface area contributed by atoms with Crippen LogP contribution in [0.1, 0.15) is 25.3 Å². The Morgan fingerprint density at radius 1 is 0.806 bits per heavy atom. The van der Waals surface area contributed by atoms with E-state index in [2.05, 4.69) is 37.2 Å². The summed E-state index contributed by atoms with van der Waals surface area (Å²) in [6.07, 6.45) is 5.16. The Hall–Kier alpha value is -4.18. The van der Waals surface area contributed by atoms with E-state index >= 15 is 0 Å². The van der Waals surface area contributed by atoms with E-state index in [-0.39, 0.29) is 4.90 Å². The Kier molecular flexibility index (Phi) is 7.96. The summed E-state index contributed by atoms with van der Waals surface area (Å²) in [5.41, 5.74) is 2.27. The number of ether oxygens (including phenoxy) is 1. The summed E-state index contributed by atoms with van der Waals surface area (Å²) in [5.74, 6) is 2.51. The third kappa shape index (κ3) is 6.92. The number of nitrogens with one attached hydrogen (secondary N) is 3. The van der Waals surface area contributed by atoms with Crippen molar-refractivity contribution in [1.82, 2.24) is 15.0 Å². The van der Waals surface area contributed by atoms with Crippen LogP contribution in [0.25, 0.3) is 0 Å². The summed E-state index contributed by atoms with van der Waals surface area (Å²) in [4.78, 5) is 12.9. The molecule has 3 N–H and O–H groups in total. The highest BCUT2D eigenvalue weighted by atomic mass is 32.2. The average Bonchev–Trinajstić information content (AvgIpc) is 2.86. The van der Waals surface area contributed by atoms with E-state index in [1.165, 1.54) is 18.5 Å². The van der Waals surface area contributed by atoms with Gasteiger partial charge in [-0.3, -0.25) is 4.72 Å². The van der Waals surface area contributed by atoms with Gasteiger partial charge in [0.2, 0.25) is 0 Å². The molecule has 0 saturated carbocycles. The van der Waals surface area contributed by atoms with E-state index < -0.39 is 10.0 Å². The van der Waals surface area contributed by atoms with Gasteiger partial charge in [0.05, 0.1) is 11.5 Å². The normalized spacial score (nSPS) is 11.1. The second-order valence-electron chi connectivity index (χ2n) is 8.11. The highest BCUT2D eigenvalue weighted by Crippen LogP contribution is 2.23. The molecule has 2 aromatic heterocycles. The first-order valence-corrected chi connectivity index (χ1v) is 13.0. The first-order valence-electron chi connectivity index (χ1n) is 11.6. The van der Waals surface area contributed by atoms with Crippen LogP contribution in [-0.2, 0) is 10.0 Å². The Balaban J connectivity index is 1.37. The quantitative estimate of drug-likeness (QED) is 0.224. The monoisotopic (exact) mass is 504 g/mol. The van der Waals surface area contributed by atoms with Crippen LogP contribution >= 0.6 is 0 Å². The fourth-order valence-corrected chi connectivity index (χ4v) is 4.32. The Morgan fingerprint density at radius 3 is 2.17 bits per heavy atom. The fourth-order valence-electron chi connectivity index (χ4n) is 3.26. The number of rotatable bonds is 11. The van der Waals surface area contributed by atoms with Crippen LogP contribution in [0.15, 0.2) is 84.1 Å². The third-order valence-electron chi connectivity index (χ3n) is 5.15. The van der Waals surface area contributed by atoms with Gasteiger partial charge in [0, 0.05) is 23.6 Å². The molecule has 0 radical (unpaired) electrons. The zero-order valence-corrected chi connectivity index (χ0v) is 20.9. The van der Waals surface area contributed by atoms with Crippen LogP contribution in [-0.4, -0.2) is 30.0 Å². The number of hydrogen-bond donors (Lipinski definition) is 3. The molecule has 0 fully saturated rings. The van der Waals surface area contributed by atoms with Crippen LogP contribution in [0.5, 0.6) is 5.75 Å². The number of unbranched alkanes of at least 4 members (excludes halogenated alkanes) is 1. The SMILES string of the molecule is CCCCOc1ccc(S(=O)(=O)Nc2ccc(Nc3cc(Nc4cc(C)ccn4)ncn3)cc2)cc1. The van der Waals surface area contributed by atoms with Crippen molar-refractivity contribution in [3.05, 3.63) is 84.8 Å². The average molecular weight is 505 g/mol. The highest BCUT2D eigenvalue weighted by molar-refractivity contribution is 7.92. The van der Waals surface area contributed by atoms with Crippen LogP contribution in [0, 0.1) is 6.92 Å². The number of pyridine rings is 1. The van der Waals surface area contributed by atoms with E-state index in [1.54, 1.807) is 48.7 Å². The maximum Gasteiger partial charge on any atom is 0.261 e. The van der Waals surface area contributed by atoms with Gasteiger partial charge in [0.15, 0.2) is 0 Å². The zero-order chi connectivity index (χ0) is 25.4. The molecule has 0 spiro atoms. The minimum Gasteiger partial charge on any atom is -0.494 e. The van der Waals surface area contributed by atoms with Gasteiger partial charge in [-0.15, -0.1) is 0 Å². The molecule has 10 heteroatoms. The molecule has 4 rings (SSSR count). The molecule has 2 heterocycles. The molecule has 4 aromatic rings. The lowest BCUT2D eigenvalue weighted by Crippen LogP contribution is -2.12. The van der Waals surface area contributed by atoms with E-state index in [9.17, 15) is 8.42 Å². The molecule has 186 valence electrons. The molecule has 9 nitrogen and oxygen atoms in total. The van der Waals surface area contributed by atoms with Crippen molar-refractivity contribution < 1.29 is 13.2 Å². The number of anilines is 5. The van der Waals surface area contributed by atoms with Gasteiger partial charge in [-0.1, -0.05) is 13.3 Å². The summed E-state index contributed by atoms with van der Waals surface area (Å²) in [6, 6.07) is 18.9. The molecule has 36 heavy (non-hydrogen) atoms. The molecular formula is C26H28N6O3S. The Bertz CT molecular complexity index is 1390. The van der Waals surface area contributed by atoms with Crippen molar-refractivity contribution >= 4 is 38.9 Å². The molecule has 0 bridgehead atoms. The molecular weight excluding hydrogens is 476 g/mol. The second-order valence-corrected chi connectivity index (χ2v) is 9.80. The van der Waals surface area contributed by atoms with Crippen molar-refractivity contribution in [2.75, 3.05) is 22.0 Å². The van der Waals surface area contributed by atoms with Crippen LogP contribution in [0.3, 0.4) is 0 Å². The predicted octanol–water partition coefficient (Wildman–Crippen LogP) is 5.65. The van der Waals surface area contributed by atoms with Gasteiger partial charge in [0.1, 0.15) is 29.5 Å². The summed E-state index contributed by atoms with van der Waals surface area (Å²) < 4.78 is 33.7. The molecule has 0 aliphatic rings. The summed E-state index contributed by atoms with van der Waals surface area (Å²) in [7, 11) is -3.73. The van der Waals surface area contributed by atoms with Crippen LogP contribution in [0.2, 0.25) is 0 Å². The third-order valence-corrected chi connectivity index (χ3v) is 6.55. The lowest BCUT2D eigenvalue weighted by atomic mass is 10.3. The molecule has 0 amide bonds. The molecule has 0 atom stereocenters. The van der Waals surface area contributed by atoms with Crippen molar-refractivity contribution in [2.24, 2.45) is 0 Å². The van der Waals surface area contributed by atoms with Crippen LogP contribution in [0.4, 0.5) is 28.8 Å². The van der Waals surface area contributed by atoms with Gasteiger partial charge >= 0.3 is 0 Å². The van der Waals surface area contributed by atoms with Gasteiger partial charge in [-0.2, -0.15) is 0 Å². The fraction of sp³-hybridized carbons (Fsp3) is 0.192.